The molecule has 0 aromatic carbocycles. The van der Waals surface area contributed by atoms with Gasteiger partial charge < -0.3 is 19.5 Å². The van der Waals surface area contributed by atoms with Crippen LogP contribution in [0, 0.1) is 5.92 Å². The van der Waals surface area contributed by atoms with Crippen LogP contribution in [0.1, 0.15) is 44.8 Å². The highest BCUT2D eigenvalue weighted by Gasteiger charge is 2.27. The van der Waals surface area contributed by atoms with E-state index in [1.165, 1.54) is 13.0 Å². The van der Waals surface area contributed by atoms with E-state index >= 15 is 0 Å². The van der Waals surface area contributed by atoms with E-state index in [1.54, 1.807) is 0 Å². The van der Waals surface area contributed by atoms with Crippen LogP contribution in [0.25, 0.3) is 0 Å². The van der Waals surface area contributed by atoms with Crippen LogP contribution in [-0.4, -0.2) is 84.9 Å². The zero-order chi connectivity index (χ0) is 19.1. The summed E-state index contributed by atoms with van der Waals surface area (Å²) in [6.07, 6.45) is 1.91. The number of guanidine groups is 1. The maximum atomic E-state index is 5.45. The molecule has 2 aliphatic rings. The number of nitrogens with zero attached hydrogens (tertiary/aromatic N) is 5. The number of ether oxygens (including phenoxy) is 1. The van der Waals surface area contributed by atoms with Gasteiger partial charge in [-0.2, -0.15) is 4.98 Å². The van der Waals surface area contributed by atoms with Gasteiger partial charge in [0.05, 0.1) is 19.8 Å². The summed E-state index contributed by atoms with van der Waals surface area (Å²) in [7, 11) is 0. The van der Waals surface area contributed by atoms with Gasteiger partial charge in [-0.15, -0.1) is 0 Å². The minimum atomic E-state index is 0.288. The average molecular weight is 379 g/mol. The summed E-state index contributed by atoms with van der Waals surface area (Å²) in [4.78, 5) is 14.1. The van der Waals surface area contributed by atoms with E-state index in [-0.39, 0.29) is 5.92 Å². The van der Waals surface area contributed by atoms with Gasteiger partial charge in [0.15, 0.2) is 11.8 Å². The molecule has 0 spiro atoms. The highest BCUT2D eigenvalue weighted by Crippen LogP contribution is 2.18. The second-order valence-electron chi connectivity index (χ2n) is 7.70. The number of hydrogen-bond donors (Lipinski definition) is 1. The minimum Gasteiger partial charge on any atom is -0.379 e. The topological polar surface area (TPSA) is 79.0 Å². The normalized spacial score (nSPS) is 22.0. The Balaban J connectivity index is 1.49. The van der Waals surface area contributed by atoms with Crippen molar-refractivity contribution in [3.63, 3.8) is 0 Å². The summed E-state index contributed by atoms with van der Waals surface area (Å²) in [5, 5.41) is 7.45. The van der Waals surface area contributed by atoms with Gasteiger partial charge in [-0.1, -0.05) is 19.0 Å². The standard InChI is InChI=1S/C19H34N6O2/c1-4-20-19(21-7-5-17-22-18(15(2)3)23-27-17)25-8-6-16(14-25)13-24-9-11-26-12-10-24/h15-16H,4-14H2,1-3H3,(H,20,21). The molecule has 8 heteroatoms. The first-order chi connectivity index (χ1) is 13.2. The lowest BCUT2D eigenvalue weighted by Crippen LogP contribution is -2.42. The summed E-state index contributed by atoms with van der Waals surface area (Å²) in [5.41, 5.74) is 0. The predicted molar refractivity (Wildman–Crippen MR) is 105 cm³/mol. The van der Waals surface area contributed by atoms with Crippen LogP contribution in [0.2, 0.25) is 0 Å². The lowest BCUT2D eigenvalue weighted by atomic mass is 10.1. The Labute approximate surface area is 162 Å². The Hall–Kier alpha value is -1.67. The summed E-state index contributed by atoms with van der Waals surface area (Å²) in [6, 6.07) is 0. The molecule has 0 radical (unpaired) electrons. The smallest absolute Gasteiger partial charge is 0.228 e. The quantitative estimate of drug-likeness (QED) is 0.567. The fourth-order valence-corrected chi connectivity index (χ4v) is 3.61. The Morgan fingerprint density at radius 1 is 1.30 bits per heavy atom. The fourth-order valence-electron chi connectivity index (χ4n) is 3.61. The third-order valence-corrected chi connectivity index (χ3v) is 5.13. The molecule has 2 saturated heterocycles. The van der Waals surface area contributed by atoms with E-state index in [9.17, 15) is 0 Å². The van der Waals surface area contributed by atoms with Gasteiger partial charge >= 0.3 is 0 Å². The maximum Gasteiger partial charge on any atom is 0.228 e. The van der Waals surface area contributed by atoms with E-state index in [0.29, 0.717) is 24.8 Å². The Morgan fingerprint density at radius 3 is 2.81 bits per heavy atom. The molecular weight excluding hydrogens is 344 g/mol. The van der Waals surface area contributed by atoms with Crippen molar-refractivity contribution >= 4 is 5.96 Å². The third-order valence-electron chi connectivity index (χ3n) is 5.13. The van der Waals surface area contributed by atoms with Crippen LogP contribution in [0.3, 0.4) is 0 Å². The molecule has 3 heterocycles. The van der Waals surface area contributed by atoms with Crippen molar-refractivity contribution < 1.29 is 9.26 Å². The molecule has 1 aromatic heterocycles. The molecule has 0 bridgehead atoms. The maximum absolute atomic E-state index is 5.45. The number of hydrogen-bond acceptors (Lipinski definition) is 6. The zero-order valence-electron chi connectivity index (χ0n) is 17.0. The van der Waals surface area contributed by atoms with E-state index in [1.807, 2.05) is 0 Å². The summed E-state index contributed by atoms with van der Waals surface area (Å²) < 4.78 is 10.8. The first kappa shape index (κ1) is 20.1. The van der Waals surface area contributed by atoms with Crippen molar-refractivity contribution in [2.75, 3.05) is 59.0 Å². The molecule has 0 amide bonds. The molecule has 8 nitrogen and oxygen atoms in total. The van der Waals surface area contributed by atoms with Crippen LogP contribution >= 0.6 is 0 Å². The molecule has 3 rings (SSSR count). The summed E-state index contributed by atoms with van der Waals surface area (Å²) in [6.45, 7) is 15.0. The SMILES string of the molecule is CCNC(=NCCc1nc(C(C)C)no1)N1CCC(CN2CCOCC2)C1. The van der Waals surface area contributed by atoms with Gasteiger partial charge in [0.2, 0.25) is 5.89 Å². The fraction of sp³-hybridized carbons (Fsp3) is 0.842. The van der Waals surface area contributed by atoms with Gasteiger partial charge in [-0.25, -0.2) is 0 Å². The van der Waals surface area contributed by atoms with Gasteiger partial charge in [-0.3, -0.25) is 9.89 Å². The molecule has 1 N–H and O–H groups in total. The van der Waals surface area contributed by atoms with Crippen molar-refractivity contribution in [1.29, 1.82) is 0 Å². The molecule has 27 heavy (non-hydrogen) atoms. The molecule has 0 saturated carbocycles. The number of likely N-dealkylation sites (tertiary alicyclic amines) is 1. The van der Waals surface area contributed by atoms with E-state index < -0.39 is 0 Å². The number of aliphatic imine (C=N–C) groups is 1. The Bertz CT molecular complexity index is 597. The molecule has 1 unspecified atom stereocenters. The van der Waals surface area contributed by atoms with E-state index in [2.05, 4.69) is 46.0 Å². The highest BCUT2D eigenvalue weighted by atomic mass is 16.5. The number of aromatic nitrogens is 2. The van der Waals surface area contributed by atoms with Crippen molar-refractivity contribution in [2.24, 2.45) is 10.9 Å². The van der Waals surface area contributed by atoms with Crippen molar-refractivity contribution in [3.8, 4) is 0 Å². The van der Waals surface area contributed by atoms with Crippen LogP contribution < -0.4 is 5.32 Å². The van der Waals surface area contributed by atoms with Crippen LogP contribution in [-0.2, 0) is 11.2 Å². The molecule has 2 aliphatic heterocycles. The molecule has 152 valence electrons. The van der Waals surface area contributed by atoms with Crippen molar-refractivity contribution in [1.82, 2.24) is 25.3 Å². The lowest BCUT2D eigenvalue weighted by molar-refractivity contribution is 0.0315. The average Bonchev–Trinajstić information content (AvgIpc) is 3.32. The molecule has 1 aromatic rings. The highest BCUT2D eigenvalue weighted by molar-refractivity contribution is 5.80. The molecular formula is C19H34N6O2. The van der Waals surface area contributed by atoms with E-state index in [0.717, 1.165) is 57.7 Å². The Kier molecular flexibility index (Phi) is 7.46. The van der Waals surface area contributed by atoms with Crippen LogP contribution in [0.5, 0.6) is 0 Å². The van der Waals surface area contributed by atoms with Crippen LogP contribution in [0.4, 0.5) is 0 Å². The van der Waals surface area contributed by atoms with Gasteiger partial charge in [0.1, 0.15) is 0 Å². The lowest BCUT2D eigenvalue weighted by Gasteiger charge is -2.29. The zero-order valence-corrected chi connectivity index (χ0v) is 17.0. The predicted octanol–water partition coefficient (Wildman–Crippen LogP) is 1.36. The van der Waals surface area contributed by atoms with Crippen molar-refractivity contribution in [3.05, 3.63) is 11.7 Å². The minimum absolute atomic E-state index is 0.288. The third kappa shape index (κ3) is 5.90. The number of nitrogens with one attached hydrogen (secondary N) is 1. The summed E-state index contributed by atoms with van der Waals surface area (Å²) >= 11 is 0. The monoisotopic (exact) mass is 378 g/mol. The summed E-state index contributed by atoms with van der Waals surface area (Å²) in [5.74, 6) is 3.44. The first-order valence-corrected chi connectivity index (χ1v) is 10.3. The van der Waals surface area contributed by atoms with Gasteiger partial charge in [0.25, 0.3) is 0 Å². The molecule has 1 atom stereocenters. The van der Waals surface area contributed by atoms with Crippen LogP contribution in [0.15, 0.2) is 9.52 Å². The molecule has 2 fully saturated rings. The first-order valence-electron chi connectivity index (χ1n) is 10.3. The number of morpholine rings is 1. The van der Waals surface area contributed by atoms with Gasteiger partial charge in [-0.05, 0) is 19.3 Å². The second-order valence-corrected chi connectivity index (χ2v) is 7.70. The molecule has 0 aliphatic carbocycles. The van der Waals surface area contributed by atoms with E-state index in [4.69, 9.17) is 14.3 Å². The largest absolute Gasteiger partial charge is 0.379 e. The number of rotatable bonds is 7. The van der Waals surface area contributed by atoms with Crippen molar-refractivity contribution in [2.45, 2.75) is 39.5 Å². The Morgan fingerprint density at radius 2 is 2.11 bits per heavy atom. The van der Waals surface area contributed by atoms with Gasteiger partial charge in [0, 0.05) is 51.6 Å². The second kappa shape index (κ2) is 10.0.